The molecule has 0 aliphatic carbocycles. The van der Waals surface area contributed by atoms with E-state index in [4.69, 9.17) is 33.9 Å². The molecule has 24 heavy (non-hydrogen) atoms. The molecule has 0 aromatic rings. The number of fused-ring (bicyclic) bond motifs is 1. The molecule has 2 unspecified atom stereocenters. The number of carbonyl (C=O) groups is 3. The van der Waals surface area contributed by atoms with E-state index in [0.29, 0.717) is 0 Å². The van der Waals surface area contributed by atoms with Gasteiger partial charge < -0.3 is 28.4 Å². The number of rotatable bonds is 4. The summed E-state index contributed by atoms with van der Waals surface area (Å²) in [6, 6.07) is 0. The van der Waals surface area contributed by atoms with E-state index in [1.807, 2.05) is 0 Å². The fraction of sp³-hybridized carbons (Fsp3) is 0.800. The average Bonchev–Trinajstić information content (AvgIpc) is 2.67. The summed E-state index contributed by atoms with van der Waals surface area (Å²) in [6.07, 6.45) is -12.3. The highest BCUT2D eigenvalue weighted by Crippen LogP contribution is 2.39. The fourth-order valence-corrected chi connectivity index (χ4v) is 2.08. The molecule has 136 valence electrons. The van der Waals surface area contributed by atoms with Crippen molar-refractivity contribution in [2.24, 2.45) is 0 Å². The van der Waals surface area contributed by atoms with E-state index < -0.39 is 60.9 Å². The molecule has 0 radical (unpaired) electrons. The van der Waals surface area contributed by atoms with Crippen LogP contribution in [0.4, 0.5) is 0 Å². The Labute approximate surface area is 145 Å². The van der Waals surface area contributed by atoms with Crippen LogP contribution in [0.25, 0.3) is 0 Å². The molecule has 9 heteroatoms. The van der Waals surface area contributed by atoms with Gasteiger partial charge in [0.2, 0.25) is 6.29 Å². The van der Waals surface area contributed by atoms with Crippen LogP contribution in [0, 0.1) is 0 Å². The third-order valence-electron chi connectivity index (χ3n) is 2.78. The smallest absolute Gasteiger partial charge is 0.305 e. The molecule has 0 bridgehead atoms. The molecule has 2 saturated heterocycles. The predicted molar refractivity (Wildman–Crippen MR) is 76.4 cm³/mol. The number of esters is 3. The number of ether oxygens (including phenoxy) is 6. The van der Waals surface area contributed by atoms with Gasteiger partial charge in [0.15, 0.2) is 17.9 Å². The lowest BCUT2D eigenvalue weighted by molar-refractivity contribution is -0.275. The molecule has 0 saturated carbocycles. The van der Waals surface area contributed by atoms with Crippen molar-refractivity contribution < 1.29 is 48.3 Å². The Hall–Kier alpha value is -1.71. The van der Waals surface area contributed by atoms with Gasteiger partial charge in [-0.1, -0.05) is 0 Å². The molecule has 9 nitrogen and oxygen atoms in total. The van der Waals surface area contributed by atoms with Crippen molar-refractivity contribution in [3.05, 3.63) is 0 Å². The summed E-state index contributed by atoms with van der Waals surface area (Å²) in [5.74, 6) is -4.52. The number of carbonyl (C=O) groups excluding carboxylic acids is 3. The quantitative estimate of drug-likeness (QED) is 0.522. The van der Waals surface area contributed by atoms with Crippen molar-refractivity contribution in [3.63, 3.8) is 0 Å². The summed E-state index contributed by atoms with van der Waals surface area (Å²) >= 11 is 0. The van der Waals surface area contributed by atoms with E-state index in [2.05, 4.69) is 0 Å². The molecule has 2 fully saturated rings. The summed E-state index contributed by atoms with van der Waals surface area (Å²) < 4.78 is 64.8. The van der Waals surface area contributed by atoms with Crippen LogP contribution in [0.1, 0.15) is 40.1 Å². The van der Waals surface area contributed by atoms with Crippen molar-refractivity contribution in [1.29, 1.82) is 0 Å². The van der Waals surface area contributed by atoms with Crippen LogP contribution in [-0.4, -0.2) is 60.9 Å². The summed E-state index contributed by atoms with van der Waals surface area (Å²) in [6.45, 7) is 3.62. The normalized spacial score (nSPS) is 47.0. The molecule has 0 aromatic carbocycles. The lowest BCUT2D eigenvalue weighted by Gasteiger charge is -2.40. The fourth-order valence-electron chi connectivity index (χ4n) is 2.08. The highest BCUT2D eigenvalue weighted by atomic mass is 16.8. The van der Waals surface area contributed by atoms with Gasteiger partial charge >= 0.3 is 17.9 Å². The minimum absolute atomic E-state index is 0.912. The Kier molecular flexibility index (Phi) is 3.98. The second-order valence-corrected chi connectivity index (χ2v) is 5.50. The topological polar surface area (TPSA) is 107 Å². The largest absolute Gasteiger partial charge is 0.463 e. The second-order valence-electron chi connectivity index (χ2n) is 5.50. The average molecular weight is 350 g/mol. The number of hydrogen-bond donors (Lipinski definition) is 0. The molecular weight excluding hydrogens is 324 g/mol. The van der Waals surface area contributed by atoms with E-state index in [9.17, 15) is 14.4 Å². The van der Waals surface area contributed by atoms with E-state index >= 15 is 0 Å². The first-order valence-corrected chi connectivity index (χ1v) is 7.10. The third-order valence-corrected chi connectivity index (χ3v) is 2.78. The summed E-state index contributed by atoms with van der Waals surface area (Å²) in [5.41, 5.74) is 0. The molecule has 2 rings (SSSR count). The van der Waals surface area contributed by atoms with Crippen LogP contribution < -0.4 is 0 Å². The highest BCUT2D eigenvalue weighted by molar-refractivity contribution is 5.67. The minimum Gasteiger partial charge on any atom is -0.463 e. The molecule has 2 aliphatic rings. The van der Waals surface area contributed by atoms with Crippen LogP contribution >= 0.6 is 0 Å². The monoisotopic (exact) mass is 350 g/mol. The van der Waals surface area contributed by atoms with E-state index in [1.54, 1.807) is 0 Å². The van der Waals surface area contributed by atoms with Crippen LogP contribution in [0.15, 0.2) is 0 Å². The first kappa shape index (κ1) is 13.6. The zero-order valence-corrected chi connectivity index (χ0v) is 13.9. The van der Waals surface area contributed by atoms with Crippen LogP contribution in [0.2, 0.25) is 0 Å². The highest BCUT2D eigenvalue weighted by Gasteiger charge is 2.58. The molecule has 0 aromatic heterocycles. The molecular formula is C15H22O9. The van der Waals surface area contributed by atoms with Gasteiger partial charge in [-0.15, -0.1) is 0 Å². The van der Waals surface area contributed by atoms with E-state index in [-0.39, 0.29) is 0 Å². The van der Waals surface area contributed by atoms with Crippen molar-refractivity contribution in [2.45, 2.75) is 71.0 Å². The van der Waals surface area contributed by atoms with Crippen molar-refractivity contribution in [3.8, 4) is 0 Å². The number of hydrogen-bond acceptors (Lipinski definition) is 9. The summed E-state index contributed by atoms with van der Waals surface area (Å²) in [7, 11) is 0. The molecule has 2 heterocycles. The van der Waals surface area contributed by atoms with Crippen molar-refractivity contribution in [1.82, 2.24) is 0 Å². The molecule has 2 aliphatic heterocycles. The second kappa shape index (κ2) is 7.04. The maximum absolute atomic E-state index is 11.7. The van der Waals surface area contributed by atoms with Gasteiger partial charge in [0.25, 0.3) is 0 Å². The standard InChI is InChI=1S/C15H22O9/c1-7(16)19-6-10-11(20-8(2)17)12-13(24-15(4,5)23-12)14(22-10)21-9(3)18/h10-14H,6H2,1-5H3/t10-,11-,12+,13+,14?/m1/s1/i6D,11D,12D,13D/t6?,10-,11-,12+,13+,14?. The summed E-state index contributed by atoms with van der Waals surface area (Å²) in [4.78, 5) is 34.4. The molecule has 6 atom stereocenters. The van der Waals surface area contributed by atoms with Crippen molar-refractivity contribution in [2.75, 3.05) is 6.58 Å². The zero-order valence-electron chi connectivity index (χ0n) is 17.9. The Morgan fingerprint density at radius 3 is 2.17 bits per heavy atom. The first-order valence-electron chi connectivity index (χ1n) is 9.18. The van der Waals surface area contributed by atoms with Gasteiger partial charge in [0.05, 0.1) is 5.48 Å². The molecule has 0 spiro atoms. The zero-order chi connectivity index (χ0) is 21.7. The SMILES string of the molecule is [2H]C(OC(C)=O)[C@H]1OC(OC(C)=O)[C@@]2([2H])OC(C)(C)O[C@@]2([2H])[C@]1([2H])OC(C)=O. The lowest BCUT2D eigenvalue weighted by atomic mass is 9.99. The molecule has 0 amide bonds. The van der Waals surface area contributed by atoms with Gasteiger partial charge in [0.1, 0.15) is 18.8 Å². The van der Waals surface area contributed by atoms with Crippen LogP contribution in [0.3, 0.4) is 0 Å². The third kappa shape index (κ3) is 4.43. The van der Waals surface area contributed by atoms with Crippen LogP contribution in [-0.2, 0) is 42.8 Å². The first-order chi connectivity index (χ1) is 12.6. The van der Waals surface area contributed by atoms with Gasteiger partial charge in [-0.25, -0.2) is 0 Å². The maximum atomic E-state index is 11.7. The van der Waals surface area contributed by atoms with E-state index in [0.717, 1.165) is 20.8 Å². The van der Waals surface area contributed by atoms with Gasteiger partial charge in [-0.3, -0.25) is 14.4 Å². The molecule has 0 N–H and O–H groups in total. The van der Waals surface area contributed by atoms with Gasteiger partial charge in [-0.05, 0) is 13.8 Å². The Morgan fingerprint density at radius 1 is 1.04 bits per heavy atom. The lowest BCUT2D eigenvalue weighted by Crippen LogP contribution is -2.59. The Bertz CT molecular complexity index is 688. The minimum atomic E-state index is -2.90. The predicted octanol–water partition coefficient (Wildman–Crippen LogP) is 0.289. The van der Waals surface area contributed by atoms with E-state index in [1.165, 1.54) is 13.8 Å². The van der Waals surface area contributed by atoms with Gasteiger partial charge in [-0.2, -0.15) is 0 Å². The van der Waals surface area contributed by atoms with Gasteiger partial charge in [0, 0.05) is 20.8 Å². The maximum Gasteiger partial charge on any atom is 0.305 e. The van der Waals surface area contributed by atoms with Crippen LogP contribution in [0.5, 0.6) is 0 Å². The Balaban J connectivity index is 2.65. The Morgan fingerprint density at radius 2 is 1.62 bits per heavy atom. The summed E-state index contributed by atoms with van der Waals surface area (Å²) in [5, 5.41) is 0. The van der Waals surface area contributed by atoms with Crippen molar-refractivity contribution >= 4 is 17.9 Å².